The number of aryl methyl sites for hydroxylation is 7. The van der Waals surface area contributed by atoms with Gasteiger partial charge in [-0.2, -0.15) is 17.6 Å². The number of hydrogen-bond acceptors (Lipinski definition) is 6. The summed E-state index contributed by atoms with van der Waals surface area (Å²) in [5, 5.41) is 0. The topological polar surface area (TPSA) is 48.1 Å². The number of thioether (sulfide) groups is 3. The molecule has 6 saturated carbocycles. The molecule has 3 aliphatic heterocycles. The molecule has 10 aliphatic rings. The van der Waals surface area contributed by atoms with E-state index in [0.717, 1.165) is 50.9 Å². The number of anilines is 3. The molecule has 6 nitrogen and oxygen atoms in total. The van der Waals surface area contributed by atoms with Crippen LogP contribution in [0.2, 0.25) is 0 Å². The van der Waals surface area contributed by atoms with Crippen LogP contribution >= 0.6 is 129 Å². The Morgan fingerprint density at radius 1 is 0.336 bits per heavy atom. The number of fused-ring (bicyclic) bond motifs is 1. The van der Waals surface area contributed by atoms with Gasteiger partial charge in [0.2, 0.25) is 0 Å². The molecule has 0 aromatic heterocycles. The first-order chi connectivity index (χ1) is 70.2. The second kappa shape index (κ2) is 67.1. The Kier molecular flexibility index (Phi) is 57.7. The van der Waals surface area contributed by atoms with E-state index >= 15 is 0 Å². The van der Waals surface area contributed by atoms with Crippen molar-refractivity contribution in [2.75, 3.05) is 14.7 Å². The SMILES string of the molecule is C1CCC([PH+](C2CCCCC2)C2CCCCC2)CC1.C1CCC([PH+](C2CCCCC2)C2CCCCC2)CC1.CC(C)[OH+]c1ccccc1[CH]=[Ru]([Cl])[Cl].CC(C)[OH+]c1ccccc1[CH]=[Ru]([Cl])[Cl].CC(C)[OH+]c1ccccc1[CH]=[Ru]([Cl])[Cl].CC1=C(C)N(c2c(C)cc(C)cc2C)[CH-]S1.CC1=C(C)N(c2ccccc2C)[CH-]S1.CCc1cc(C)cc(CC)c1N1[CH-]SC(C)=C1C.[Cl][Ru]([Cl])=[C]1C=C(c2ccccc2)c2ccccc21. The molecule has 3 N–H and O–H groups in total. The van der Waals surface area contributed by atoms with Gasteiger partial charge < -0.3 is 14.7 Å². The number of ether oxygens (including phenoxy) is 3. The summed E-state index contributed by atoms with van der Waals surface area (Å²) < 4.78 is 20.4. The van der Waals surface area contributed by atoms with Gasteiger partial charge in [-0.1, -0.05) is 106 Å². The van der Waals surface area contributed by atoms with Crippen LogP contribution in [0.3, 0.4) is 0 Å². The summed E-state index contributed by atoms with van der Waals surface area (Å²) in [6, 6.07) is 60.0. The van der Waals surface area contributed by atoms with Crippen molar-refractivity contribution < 1.29 is 68.3 Å². The Bertz CT molecular complexity index is 5290. The first-order valence-corrected chi connectivity index (χ1v) is 81.6. The van der Waals surface area contributed by atoms with Crippen LogP contribution in [0.4, 0.5) is 17.1 Å². The van der Waals surface area contributed by atoms with Gasteiger partial charge in [0.25, 0.3) is 0 Å². The van der Waals surface area contributed by atoms with Gasteiger partial charge in [-0.15, -0.1) is 0 Å². The molecular weight excluding hydrogens is 2410 g/mol. The molecule has 8 aromatic carbocycles. The van der Waals surface area contributed by atoms with Crippen LogP contribution in [-0.4, -0.2) is 84.4 Å². The number of rotatable bonds is 21. The molecule has 0 saturated heterocycles. The molecule has 146 heavy (non-hydrogen) atoms. The third-order valence-electron chi connectivity index (χ3n) is 29.3. The molecule has 0 spiro atoms. The van der Waals surface area contributed by atoms with Gasteiger partial charge in [-0.05, 0) is 309 Å². The monoisotopic (exact) mass is 2580 g/mol. The van der Waals surface area contributed by atoms with Crippen molar-refractivity contribution in [2.45, 2.75) is 389 Å². The summed E-state index contributed by atoms with van der Waals surface area (Å²) in [5.74, 6) is 9.54. The Morgan fingerprint density at radius 2 is 0.623 bits per heavy atom. The van der Waals surface area contributed by atoms with Crippen LogP contribution in [0.25, 0.3) is 5.57 Å². The zero-order chi connectivity index (χ0) is 105. The van der Waals surface area contributed by atoms with E-state index in [1.165, 1.54) is 144 Å². The second-order valence-corrected chi connectivity index (χ2v) is 74.2. The number of aromatic hydroxyl groups is 3. The van der Waals surface area contributed by atoms with Gasteiger partial charge >= 0.3 is 413 Å². The fourth-order valence-electron chi connectivity index (χ4n) is 22.2. The van der Waals surface area contributed by atoms with Crippen molar-refractivity contribution in [3.05, 3.63) is 304 Å². The standard InChI is InChI=1S/2C18H33P.C16H22NS.C15H10.C14H18NS.C12H14NS.3C10H12O.8ClH.4Ru/c2*1-4-10-16(11-5-1)19(17-12-6-2-7-13-17)18-14-8-3-9-15-18;1-6-14-8-11(3)9-15(7-2)16(14)17-10-18-13(5)12(17)4;1-2-6-12(7-3-1)15-11-10-13-8-4-5-9-14(13)15;1-9-6-10(2)14(11(3)7-9)15-8-16-13(5)12(15)4;1-9-6-4-5-7-12(9)13-8-14-11(3)10(13)2;3*1-8(2)11-10-7-5-4-6-9(10)3;;;;;;;;;;;;/h2*16-18H,1-15H2;8-10H,6-7H2,1-5H3;1-9,11H;6-8H,1-5H3;4-8H,1-3H3;3*3-8H,1-2H3;8*1H;;;;/q;;-1;;2*-1;;;;;;;;;;;;4*+2/p-3. The second-order valence-electron chi connectivity index (χ2n) is 41.1. The fourth-order valence-corrected chi connectivity index (χ4v) is 43.0. The maximum absolute atomic E-state index is 6.19. The average molecular weight is 2590 g/mol. The van der Waals surface area contributed by atoms with Crippen molar-refractivity contribution >= 4 is 169 Å². The van der Waals surface area contributed by atoms with E-state index in [1.54, 1.807) is 204 Å². The van der Waals surface area contributed by atoms with E-state index in [2.05, 4.69) is 221 Å². The molecule has 0 amide bonds. The molecule has 8 aromatic rings. The molecule has 3 heterocycles. The number of halogens is 8. The quantitative estimate of drug-likeness (QED) is 0.0309. The van der Waals surface area contributed by atoms with Crippen molar-refractivity contribution in [2.24, 2.45) is 0 Å². The maximum atomic E-state index is 6.19. The number of para-hydroxylation sites is 4. The summed E-state index contributed by atoms with van der Waals surface area (Å²) in [4.78, 5) is 11.1. The summed E-state index contributed by atoms with van der Waals surface area (Å²) in [6.45, 7) is 40.7. The van der Waals surface area contributed by atoms with Crippen LogP contribution in [0, 0.1) is 52.2 Å². The first-order valence-electron chi connectivity index (χ1n) is 53.8. The molecule has 23 heteroatoms. The third-order valence-corrected chi connectivity index (χ3v) is 49.9. The van der Waals surface area contributed by atoms with E-state index in [9.17, 15) is 0 Å². The number of benzene rings is 8. The summed E-state index contributed by atoms with van der Waals surface area (Å²) in [7, 11) is 47.3. The molecule has 0 unspecified atom stereocenters. The van der Waals surface area contributed by atoms with Gasteiger partial charge in [-0.25, -0.2) is 0 Å². The van der Waals surface area contributed by atoms with Crippen molar-refractivity contribution in [1.29, 1.82) is 0 Å². The Hall–Kier alpha value is -2.28. The molecule has 18 rings (SSSR count). The molecule has 6 fully saturated rings. The molecule has 0 bridgehead atoms. The van der Waals surface area contributed by atoms with Crippen LogP contribution in [0.15, 0.2) is 214 Å². The van der Waals surface area contributed by atoms with Crippen molar-refractivity contribution in [1.82, 2.24) is 0 Å². The Morgan fingerprint density at radius 3 is 0.925 bits per heavy atom. The molecule has 0 radical (unpaired) electrons. The molecular formula is C123H171Cl8N3O3P2Ru4S3+2. The van der Waals surface area contributed by atoms with Crippen molar-refractivity contribution in [3.63, 3.8) is 0 Å². The van der Waals surface area contributed by atoms with Gasteiger partial charge in [0.1, 0.15) is 0 Å². The minimum absolute atomic E-state index is 0.0465. The minimum atomic E-state index is -1.88. The Labute approximate surface area is 951 Å². The van der Waals surface area contributed by atoms with E-state index in [4.69, 9.17) is 77.5 Å². The zero-order valence-corrected chi connectivity index (χ0v) is 108. The number of aliphatic hydroxyl groups is 3. The molecule has 810 valence electrons. The normalized spacial score (nSPS) is 17.8. The van der Waals surface area contributed by atoms with Gasteiger partial charge in [0.05, 0.1) is 34.0 Å². The average Bonchev–Trinajstić information content (AvgIpc) is 1.63. The molecule has 0 atom stereocenters. The molecule has 7 aliphatic carbocycles. The van der Waals surface area contributed by atoms with E-state index < -0.39 is 54.1 Å². The van der Waals surface area contributed by atoms with Crippen LogP contribution in [0.1, 0.15) is 362 Å². The van der Waals surface area contributed by atoms with Crippen LogP contribution in [-0.2, 0) is 66.9 Å². The van der Waals surface area contributed by atoms with E-state index in [0.29, 0.717) is 0 Å². The van der Waals surface area contributed by atoms with Gasteiger partial charge in [0, 0.05) is 32.9 Å². The van der Waals surface area contributed by atoms with Gasteiger partial charge in [-0.3, -0.25) is 35.3 Å². The summed E-state index contributed by atoms with van der Waals surface area (Å²) in [6.07, 6.45) is 52.8. The zero-order valence-electron chi connectivity index (χ0n) is 90.5. The fraction of sp³-hybridized carbons (Fsp3) is 0.488. The van der Waals surface area contributed by atoms with Crippen LogP contribution < -0.4 is 14.7 Å². The number of allylic oxidation sites excluding steroid dienone is 7. The number of nitrogens with zero attached hydrogens (tertiary/aromatic N) is 3. The summed E-state index contributed by atoms with van der Waals surface area (Å²) in [5.41, 5.74) is 33.1. The van der Waals surface area contributed by atoms with Crippen LogP contribution in [0.5, 0.6) is 17.2 Å². The predicted octanol–water partition coefficient (Wildman–Crippen LogP) is 40.7. The van der Waals surface area contributed by atoms with E-state index in [-0.39, 0.29) is 34.2 Å². The predicted molar refractivity (Wildman–Crippen MR) is 654 cm³/mol. The third kappa shape index (κ3) is 40.4. The van der Waals surface area contributed by atoms with E-state index in [1.807, 2.05) is 176 Å². The van der Waals surface area contributed by atoms with Crippen molar-refractivity contribution in [3.8, 4) is 17.2 Å². The Balaban J connectivity index is 0.000000169. The summed E-state index contributed by atoms with van der Waals surface area (Å²) >= 11 is -1.69. The number of hydrogen-bond donors (Lipinski definition) is 0. The van der Waals surface area contributed by atoms with Gasteiger partial charge in [0.15, 0.2) is 0 Å². The first kappa shape index (κ1) is 126.